The number of benzene rings is 1. The van der Waals surface area contributed by atoms with Crippen LogP contribution < -0.4 is 10.5 Å². The molecule has 0 saturated heterocycles. The summed E-state index contributed by atoms with van der Waals surface area (Å²) < 4.78 is 5.79. The standard InChI is InChI=1S/C18H24N2O/c1-4-18(2,3)14-8-10-17(11-9-14)21-13-16-7-5-6-15(12-19)20-16/h5-11H,4,12-13,19H2,1-3H3. The number of rotatable bonds is 6. The first kappa shape index (κ1) is 15.5. The monoisotopic (exact) mass is 284 g/mol. The van der Waals surface area contributed by atoms with Crippen molar-refractivity contribution in [2.24, 2.45) is 5.73 Å². The molecule has 0 bridgehead atoms. The van der Waals surface area contributed by atoms with Crippen LogP contribution in [0.25, 0.3) is 0 Å². The maximum Gasteiger partial charge on any atom is 0.130 e. The molecule has 3 nitrogen and oxygen atoms in total. The molecule has 1 heterocycles. The fourth-order valence-electron chi connectivity index (χ4n) is 2.09. The summed E-state index contributed by atoms with van der Waals surface area (Å²) in [6.07, 6.45) is 1.11. The van der Waals surface area contributed by atoms with Gasteiger partial charge in [-0.15, -0.1) is 0 Å². The Bertz CT molecular complexity index is 576. The highest BCUT2D eigenvalue weighted by atomic mass is 16.5. The Morgan fingerprint density at radius 1 is 1.05 bits per heavy atom. The van der Waals surface area contributed by atoms with E-state index in [0.29, 0.717) is 13.2 Å². The van der Waals surface area contributed by atoms with Crippen LogP contribution in [0.5, 0.6) is 5.75 Å². The molecule has 0 aliphatic rings. The minimum absolute atomic E-state index is 0.204. The minimum Gasteiger partial charge on any atom is -0.487 e. The number of nitrogens with two attached hydrogens (primary N) is 1. The van der Waals surface area contributed by atoms with Crippen LogP contribution >= 0.6 is 0 Å². The van der Waals surface area contributed by atoms with Crippen molar-refractivity contribution >= 4 is 0 Å². The van der Waals surface area contributed by atoms with Crippen molar-refractivity contribution in [1.29, 1.82) is 0 Å². The van der Waals surface area contributed by atoms with Crippen LogP contribution in [0.15, 0.2) is 42.5 Å². The highest BCUT2D eigenvalue weighted by Gasteiger charge is 2.17. The third kappa shape index (κ3) is 4.05. The van der Waals surface area contributed by atoms with Crippen molar-refractivity contribution in [1.82, 2.24) is 4.98 Å². The topological polar surface area (TPSA) is 48.1 Å². The van der Waals surface area contributed by atoms with Crippen molar-refractivity contribution < 1.29 is 4.74 Å². The third-order valence-corrected chi connectivity index (χ3v) is 3.98. The lowest BCUT2D eigenvalue weighted by molar-refractivity contribution is 0.300. The Kier molecular flexibility index (Phi) is 4.97. The second-order valence-electron chi connectivity index (χ2n) is 5.87. The van der Waals surface area contributed by atoms with E-state index in [4.69, 9.17) is 10.5 Å². The summed E-state index contributed by atoms with van der Waals surface area (Å²) >= 11 is 0. The van der Waals surface area contributed by atoms with Gasteiger partial charge in [-0.3, -0.25) is 4.98 Å². The maximum atomic E-state index is 5.79. The van der Waals surface area contributed by atoms with E-state index >= 15 is 0 Å². The number of nitrogens with zero attached hydrogens (tertiary/aromatic N) is 1. The summed E-state index contributed by atoms with van der Waals surface area (Å²) in [7, 11) is 0. The van der Waals surface area contributed by atoms with Gasteiger partial charge in [0.25, 0.3) is 0 Å². The fourth-order valence-corrected chi connectivity index (χ4v) is 2.09. The summed E-state index contributed by atoms with van der Waals surface area (Å²) in [6, 6.07) is 14.2. The molecule has 3 heteroatoms. The largest absolute Gasteiger partial charge is 0.487 e. The third-order valence-electron chi connectivity index (χ3n) is 3.98. The van der Waals surface area contributed by atoms with Crippen molar-refractivity contribution in [3.05, 3.63) is 59.4 Å². The molecule has 2 rings (SSSR count). The molecule has 2 aromatic rings. The lowest BCUT2D eigenvalue weighted by Gasteiger charge is -2.23. The van der Waals surface area contributed by atoms with Crippen LogP contribution in [0.2, 0.25) is 0 Å². The zero-order valence-corrected chi connectivity index (χ0v) is 13.1. The molecule has 0 aliphatic heterocycles. The van der Waals surface area contributed by atoms with Crippen LogP contribution in [-0.4, -0.2) is 4.98 Å². The van der Waals surface area contributed by atoms with Crippen molar-refractivity contribution in [3.63, 3.8) is 0 Å². The number of pyridine rings is 1. The van der Waals surface area contributed by atoms with Gasteiger partial charge >= 0.3 is 0 Å². The SMILES string of the molecule is CCC(C)(C)c1ccc(OCc2cccc(CN)n2)cc1. The lowest BCUT2D eigenvalue weighted by Crippen LogP contribution is -2.15. The molecule has 0 aliphatic carbocycles. The molecule has 1 aromatic heterocycles. The second kappa shape index (κ2) is 6.72. The van der Waals surface area contributed by atoms with Gasteiger partial charge in [0.2, 0.25) is 0 Å². The molecule has 1 aromatic carbocycles. The van der Waals surface area contributed by atoms with E-state index in [9.17, 15) is 0 Å². The van der Waals surface area contributed by atoms with Crippen molar-refractivity contribution in [2.45, 2.75) is 45.8 Å². The molecule has 112 valence electrons. The summed E-state index contributed by atoms with van der Waals surface area (Å²) in [5.41, 5.74) is 8.92. The summed E-state index contributed by atoms with van der Waals surface area (Å²) in [6.45, 7) is 7.63. The summed E-state index contributed by atoms with van der Waals surface area (Å²) in [5.74, 6) is 0.866. The molecular weight excluding hydrogens is 260 g/mol. The van der Waals surface area contributed by atoms with Gasteiger partial charge in [0.15, 0.2) is 0 Å². The minimum atomic E-state index is 0.204. The lowest BCUT2D eigenvalue weighted by atomic mass is 9.82. The molecule has 0 saturated carbocycles. The zero-order valence-electron chi connectivity index (χ0n) is 13.1. The van der Waals surface area contributed by atoms with Gasteiger partial charge in [-0.25, -0.2) is 0 Å². The number of aromatic nitrogens is 1. The smallest absolute Gasteiger partial charge is 0.130 e. The van der Waals surface area contributed by atoms with Crippen LogP contribution in [0.4, 0.5) is 0 Å². The van der Waals surface area contributed by atoms with E-state index in [1.54, 1.807) is 0 Å². The number of ether oxygens (including phenoxy) is 1. The maximum absolute atomic E-state index is 5.79. The first-order valence-electron chi connectivity index (χ1n) is 7.43. The molecule has 0 atom stereocenters. The molecular formula is C18H24N2O. The number of hydrogen-bond acceptors (Lipinski definition) is 3. The molecule has 0 radical (unpaired) electrons. The van der Waals surface area contributed by atoms with Crippen molar-refractivity contribution in [2.75, 3.05) is 0 Å². The predicted molar refractivity (Wildman–Crippen MR) is 86.2 cm³/mol. The first-order valence-corrected chi connectivity index (χ1v) is 7.43. The van der Waals surface area contributed by atoms with Gasteiger partial charge < -0.3 is 10.5 Å². The van der Waals surface area contributed by atoms with Crippen molar-refractivity contribution in [3.8, 4) is 5.75 Å². The molecule has 2 N–H and O–H groups in total. The van der Waals surface area contributed by atoms with Gasteiger partial charge in [0.1, 0.15) is 12.4 Å². The normalized spacial score (nSPS) is 11.4. The van der Waals surface area contributed by atoms with Crippen LogP contribution in [0.3, 0.4) is 0 Å². The molecule has 21 heavy (non-hydrogen) atoms. The van der Waals surface area contributed by atoms with Gasteiger partial charge in [0.05, 0.1) is 11.4 Å². The first-order chi connectivity index (χ1) is 10.0. The Balaban J connectivity index is 2.00. The Morgan fingerprint density at radius 2 is 1.71 bits per heavy atom. The van der Waals surface area contributed by atoms with Gasteiger partial charge in [-0.2, -0.15) is 0 Å². The van der Waals surface area contributed by atoms with E-state index in [-0.39, 0.29) is 5.41 Å². The van der Waals surface area contributed by atoms with Gasteiger partial charge in [-0.05, 0) is 41.7 Å². The van der Waals surface area contributed by atoms with E-state index in [1.165, 1.54) is 5.56 Å². The number of hydrogen-bond donors (Lipinski definition) is 1. The summed E-state index contributed by atoms with van der Waals surface area (Å²) in [5, 5.41) is 0. The van der Waals surface area contributed by atoms with E-state index in [0.717, 1.165) is 23.6 Å². The van der Waals surface area contributed by atoms with Crippen LogP contribution in [0.1, 0.15) is 44.1 Å². The Labute approximate surface area is 127 Å². The van der Waals surface area contributed by atoms with E-state index < -0.39 is 0 Å². The highest BCUT2D eigenvalue weighted by molar-refractivity contribution is 5.31. The second-order valence-corrected chi connectivity index (χ2v) is 5.87. The quantitative estimate of drug-likeness (QED) is 0.877. The molecule has 0 spiro atoms. The zero-order chi connectivity index (χ0) is 15.3. The Morgan fingerprint density at radius 3 is 2.33 bits per heavy atom. The average molecular weight is 284 g/mol. The fraction of sp³-hybridized carbons (Fsp3) is 0.389. The van der Waals surface area contributed by atoms with Crippen LogP contribution in [-0.2, 0) is 18.6 Å². The molecule has 0 amide bonds. The average Bonchev–Trinajstić information content (AvgIpc) is 2.53. The van der Waals surface area contributed by atoms with E-state index in [2.05, 4.69) is 37.9 Å². The highest BCUT2D eigenvalue weighted by Crippen LogP contribution is 2.28. The van der Waals surface area contributed by atoms with Crippen LogP contribution in [0, 0.1) is 0 Å². The predicted octanol–water partition coefficient (Wildman–Crippen LogP) is 3.81. The van der Waals surface area contributed by atoms with E-state index in [1.807, 2.05) is 30.3 Å². The molecule has 0 fully saturated rings. The van der Waals surface area contributed by atoms with Gasteiger partial charge in [0, 0.05) is 6.54 Å². The Hall–Kier alpha value is -1.87. The summed E-state index contributed by atoms with van der Waals surface area (Å²) in [4.78, 5) is 4.43. The molecule has 0 unspecified atom stereocenters. The van der Waals surface area contributed by atoms with Gasteiger partial charge in [-0.1, -0.05) is 39.0 Å².